The smallest absolute Gasteiger partial charge is 0.251 e. The van der Waals surface area contributed by atoms with Gasteiger partial charge in [-0.3, -0.25) is 4.79 Å². The molecule has 22 heavy (non-hydrogen) atoms. The molecular weight excluding hydrogens is 276 g/mol. The van der Waals surface area contributed by atoms with Crippen molar-refractivity contribution in [2.45, 2.75) is 32.2 Å². The average molecular weight is 294 g/mol. The average Bonchev–Trinajstić information content (AvgIpc) is 3.32. The van der Waals surface area contributed by atoms with Gasteiger partial charge in [0, 0.05) is 36.5 Å². The summed E-state index contributed by atoms with van der Waals surface area (Å²) < 4.78 is 2.18. The molecule has 2 aromatic rings. The molecule has 1 N–H and O–H groups in total. The molecule has 3 rings (SSSR count). The van der Waals surface area contributed by atoms with Crippen LogP contribution in [0.4, 0.5) is 0 Å². The van der Waals surface area contributed by atoms with Gasteiger partial charge in [0.15, 0.2) is 0 Å². The van der Waals surface area contributed by atoms with Gasteiger partial charge >= 0.3 is 0 Å². The van der Waals surface area contributed by atoms with Crippen molar-refractivity contribution >= 4 is 5.91 Å². The first-order valence-corrected chi connectivity index (χ1v) is 7.49. The lowest BCUT2D eigenvalue weighted by molar-refractivity contribution is 0.0952. The molecule has 0 radical (unpaired) electrons. The fourth-order valence-corrected chi connectivity index (χ4v) is 2.55. The third-order valence-corrected chi connectivity index (χ3v) is 3.90. The van der Waals surface area contributed by atoms with Crippen molar-refractivity contribution in [3.05, 3.63) is 53.1 Å². The van der Waals surface area contributed by atoms with Gasteiger partial charge in [0.05, 0.1) is 11.6 Å². The zero-order chi connectivity index (χ0) is 15.5. The van der Waals surface area contributed by atoms with E-state index < -0.39 is 0 Å². The van der Waals surface area contributed by atoms with Crippen LogP contribution in [-0.2, 0) is 6.54 Å². The highest BCUT2D eigenvalue weighted by atomic mass is 16.1. The van der Waals surface area contributed by atoms with Crippen LogP contribution in [0.25, 0.3) is 0 Å². The number of nitrogens with zero attached hydrogens (tertiary/aromatic N) is 3. The lowest BCUT2D eigenvalue weighted by Gasteiger charge is -2.11. The van der Waals surface area contributed by atoms with Crippen LogP contribution in [0.1, 0.15) is 46.2 Å². The lowest BCUT2D eigenvalue weighted by Crippen LogP contribution is -2.28. The monoisotopic (exact) mass is 294 g/mol. The van der Waals surface area contributed by atoms with Crippen molar-refractivity contribution < 1.29 is 4.79 Å². The maximum Gasteiger partial charge on any atom is 0.251 e. The molecule has 0 saturated heterocycles. The van der Waals surface area contributed by atoms with E-state index in [1.165, 1.54) is 12.8 Å². The number of hydrogen-bond acceptors (Lipinski definition) is 3. The van der Waals surface area contributed by atoms with Crippen LogP contribution in [0.15, 0.2) is 30.5 Å². The number of aryl methyl sites for hydroxylation is 1. The van der Waals surface area contributed by atoms with Crippen LogP contribution < -0.4 is 5.32 Å². The Kier molecular flexibility index (Phi) is 3.92. The maximum absolute atomic E-state index is 12.1. The first kappa shape index (κ1) is 14.3. The SMILES string of the molecule is Cc1cnc(C2CC2)n1CCNC(=O)c1cccc(C#N)c1. The zero-order valence-electron chi connectivity index (χ0n) is 12.5. The van der Waals surface area contributed by atoms with Crippen molar-refractivity contribution in [1.29, 1.82) is 5.26 Å². The number of hydrogen-bond donors (Lipinski definition) is 1. The fourth-order valence-electron chi connectivity index (χ4n) is 2.55. The van der Waals surface area contributed by atoms with Crippen LogP contribution in [0.2, 0.25) is 0 Å². The van der Waals surface area contributed by atoms with E-state index in [0.717, 1.165) is 18.1 Å². The van der Waals surface area contributed by atoms with Crippen molar-refractivity contribution in [2.24, 2.45) is 0 Å². The number of carbonyl (C=O) groups excluding carboxylic acids is 1. The first-order valence-electron chi connectivity index (χ1n) is 7.49. The topological polar surface area (TPSA) is 70.7 Å². The summed E-state index contributed by atoms with van der Waals surface area (Å²) in [6, 6.07) is 8.77. The van der Waals surface area contributed by atoms with E-state index in [1.54, 1.807) is 24.3 Å². The summed E-state index contributed by atoms with van der Waals surface area (Å²) in [5.74, 6) is 1.58. The van der Waals surface area contributed by atoms with Crippen molar-refractivity contribution in [2.75, 3.05) is 6.54 Å². The van der Waals surface area contributed by atoms with Gasteiger partial charge in [0.1, 0.15) is 5.82 Å². The number of aromatic nitrogens is 2. The highest BCUT2D eigenvalue weighted by Crippen LogP contribution is 2.39. The van der Waals surface area contributed by atoms with Crippen molar-refractivity contribution in [1.82, 2.24) is 14.9 Å². The highest BCUT2D eigenvalue weighted by Gasteiger charge is 2.28. The number of nitriles is 1. The molecule has 1 fully saturated rings. The number of imidazole rings is 1. The summed E-state index contributed by atoms with van der Waals surface area (Å²) in [6.45, 7) is 3.31. The molecule has 0 bridgehead atoms. The molecule has 5 heteroatoms. The molecule has 0 atom stereocenters. The lowest BCUT2D eigenvalue weighted by atomic mass is 10.1. The minimum atomic E-state index is -0.150. The number of rotatable bonds is 5. The van der Waals surface area contributed by atoms with Gasteiger partial charge in [0.25, 0.3) is 5.91 Å². The zero-order valence-corrected chi connectivity index (χ0v) is 12.5. The van der Waals surface area contributed by atoms with Gasteiger partial charge in [-0.05, 0) is 38.0 Å². The summed E-state index contributed by atoms with van der Waals surface area (Å²) in [7, 11) is 0. The molecular formula is C17H18N4O. The third-order valence-electron chi connectivity index (χ3n) is 3.90. The molecule has 112 valence electrons. The summed E-state index contributed by atoms with van der Waals surface area (Å²) in [5.41, 5.74) is 2.14. The molecule has 1 heterocycles. The molecule has 1 aromatic carbocycles. The Balaban J connectivity index is 1.60. The van der Waals surface area contributed by atoms with Gasteiger partial charge in [-0.25, -0.2) is 4.98 Å². The standard InChI is InChI=1S/C17H18N4O/c1-12-11-20-16(14-5-6-14)21(12)8-7-19-17(22)15-4-2-3-13(9-15)10-18/h2-4,9,11,14H,5-8H2,1H3,(H,19,22). The minimum Gasteiger partial charge on any atom is -0.350 e. The van der Waals surface area contributed by atoms with E-state index in [0.29, 0.717) is 23.6 Å². The second kappa shape index (κ2) is 6.02. The Morgan fingerprint density at radius 3 is 3.05 bits per heavy atom. The highest BCUT2D eigenvalue weighted by molar-refractivity contribution is 5.94. The van der Waals surface area contributed by atoms with E-state index in [9.17, 15) is 4.79 Å². The van der Waals surface area contributed by atoms with Crippen molar-refractivity contribution in [3.8, 4) is 6.07 Å². The predicted molar refractivity (Wildman–Crippen MR) is 82.4 cm³/mol. The van der Waals surface area contributed by atoms with Crippen LogP contribution >= 0.6 is 0 Å². The number of nitrogens with one attached hydrogen (secondary N) is 1. The maximum atomic E-state index is 12.1. The number of benzene rings is 1. The van der Waals surface area contributed by atoms with Gasteiger partial charge in [-0.2, -0.15) is 5.26 Å². The normalized spacial score (nSPS) is 13.6. The van der Waals surface area contributed by atoms with Crippen LogP contribution in [0.5, 0.6) is 0 Å². The second-order valence-electron chi connectivity index (χ2n) is 5.63. The minimum absolute atomic E-state index is 0.150. The Labute approximate surface area is 129 Å². The number of amides is 1. The second-order valence-corrected chi connectivity index (χ2v) is 5.63. The summed E-state index contributed by atoms with van der Waals surface area (Å²) in [4.78, 5) is 16.6. The van der Waals surface area contributed by atoms with Crippen molar-refractivity contribution in [3.63, 3.8) is 0 Å². The van der Waals surface area contributed by atoms with Crippen LogP contribution in [-0.4, -0.2) is 22.0 Å². The molecule has 5 nitrogen and oxygen atoms in total. The van der Waals surface area contributed by atoms with E-state index in [2.05, 4.69) is 14.9 Å². The Bertz CT molecular complexity index is 737. The third kappa shape index (κ3) is 3.01. The Morgan fingerprint density at radius 2 is 2.32 bits per heavy atom. The van der Waals surface area contributed by atoms with Gasteiger partial charge in [-0.15, -0.1) is 0 Å². The number of carbonyl (C=O) groups is 1. The summed E-state index contributed by atoms with van der Waals surface area (Å²) >= 11 is 0. The van der Waals surface area contributed by atoms with E-state index >= 15 is 0 Å². The molecule has 1 aliphatic rings. The molecule has 1 saturated carbocycles. The van der Waals surface area contributed by atoms with E-state index in [4.69, 9.17) is 5.26 Å². The Morgan fingerprint density at radius 1 is 1.50 bits per heavy atom. The van der Waals surface area contributed by atoms with Gasteiger partial charge in [-0.1, -0.05) is 6.07 Å². The molecule has 1 amide bonds. The predicted octanol–water partition coefficient (Wildman–Crippen LogP) is 2.37. The van der Waals surface area contributed by atoms with Gasteiger partial charge < -0.3 is 9.88 Å². The van der Waals surface area contributed by atoms with E-state index in [-0.39, 0.29) is 5.91 Å². The summed E-state index contributed by atoms with van der Waals surface area (Å²) in [6.07, 6.45) is 4.32. The molecule has 1 aromatic heterocycles. The molecule has 0 aliphatic heterocycles. The summed E-state index contributed by atoms with van der Waals surface area (Å²) in [5, 5.41) is 11.8. The quantitative estimate of drug-likeness (QED) is 0.920. The molecule has 0 spiro atoms. The van der Waals surface area contributed by atoms with Crippen LogP contribution in [0.3, 0.4) is 0 Å². The van der Waals surface area contributed by atoms with Crippen LogP contribution in [0, 0.1) is 18.3 Å². The van der Waals surface area contributed by atoms with E-state index in [1.807, 2.05) is 19.2 Å². The van der Waals surface area contributed by atoms with Gasteiger partial charge in [0.2, 0.25) is 0 Å². The first-order chi connectivity index (χ1) is 10.7. The molecule has 0 unspecified atom stereocenters. The molecule has 1 aliphatic carbocycles. The largest absolute Gasteiger partial charge is 0.350 e. The fraction of sp³-hybridized carbons (Fsp3) is 0.353. The Hall–Kier alpha value is -2.61.